The molecule has 22 heavy (non-hydrogen) atoms. The summed E-state index contributed by atoms with van der Waals surface area (Å²) in [4.78, 5) is 0. The minimum Gasteiger partial charge on any atom is -0.414 e. The van der Waals surface area contributed by atoms with Crippen molar-refractivity contribution < 1.29 is 4.43 Å². The highest BCUT2D eigenvalue weighted by atomic mass is 28.4. The Hall–Kier alpha value is -0.0831. The molecular formula is C20H38OSi. The number of hydrogen-bond donors (Lipinski definition) is 0. The Morgan fingerprint density at radius 3 is 2.41 bits per heavy atom. The van der Waals surface area contributed by atoms with Crippen LogP contribution in [0.5, 0.6) is 0 Å². The van der Waals surface area contributed by atoms with Crippen molar-refractivity contribution in [3.05, 3.63) is 12.7 Å². The van der Waals surface area contributed by atoms with Crippen molar-refractivity contribution in [1.29, 1.82) is 0 Å². The molecular weight excluding hydrogens is 284 g/mol. The van der Waals surface area contributed by atoms with Gasteiger partial charge in [-0.2, -0.15) is 0 Å². The van der Waals surface area contributed by atoms with Gasteiger partial charge in [-0.1, -0.05) is 47.1 Å². The molecule has 0 aliphatic heterocycles. The lowest BCUT2D eigenvalue weighted by Gasteiger charge is -2.49. The van der Waals surface area contributed by atoms with E-state index in [1.165, 1.54) is 32.1 Å². The highest BCUT2D eigenvalue weighted by molar-refractivity contribution is 6.74. The Labute approximate surface area is 140 Å². The van der Waals surface area contributed by atoms with E-state index in [1.807, 2.05) is 0 Å². The summed E-state index contributed by atoms with van der Waals surface area (Å²) in [6.45, 7) is 20.9. The van der Waals surface area contributed by atoms with Crippen LogP contribution < -0.4 is 0 Å². The maximum atomic E-state index is 6.90. The van der Waals surface area contributed by atoms with Gasteiger partial charge in [0.2, 0.25) is 0 Å². The van der Waals surface area contributed by atoms with Crippen LogP contribution in [0.25, 0.3) is 0 Å². The van der Waals surface area contributed by atoms with Crippen molar-refractivity contribution in [3.63, 3.8) is 0 Å². The van der Waals surface area contributed by atoms with Crippen molar-refractivity contribution in [2.24, 2.45) is 23.2 Å². The molecule has 0 amide bonds. The van der Waals surface area contributed by atoms with Gasteiger partial charge >= 0.3 is 0 Å². The summed E-state index contributed by atoms with van der Waals surface area (Å²) >= 11 is 0. The largest absolute Gasteiger partial charge is 0.414 e. The third-order valence-corrected chi connectivity index (χ3v) is 11.9. The van der Waals surface area contributed by atoms with E-state index < -0.39 is 8.32 Å². The van der Waals surface area contributed by atoms with Gasteiger partial charge in [-0.3, -0.25) is 0 Å². The molecule has 128 valence electrons. The zero-order chi connectivity index (χ0) is 16.8. The number of rotatable bonds is 4. The molecule has 0 bridgehead atoms. The molecule has 2 aliphatic carbocycles. The van der Waals surface area contributed by atoms with Gasteiger partial charge in [0.05, 0.1) is 0 Å². The van der Waals surface area contributed by atoms with Crippen LogP contribution in [-0.4, -0.2) is 14.4 Å². The zero-order valence-electron chi connectivity index (χ0n) is 16.0. The Morgan fingerprint density at radius 2 is 1.86 bits per heavy atom. The first-order valence-corrected chi connectivity index (χ1v) is 12.2. The molecule has 0 spiro atoms. The van der Waals surface area contributed by atoms with E-state index in [1.54, 1.807) is 0 Å². The second-order valence-corrected chi connectivity index (χ2v) is 14.5. The van der Waals surface area contributed by atoms with Gasteiger partial charge < -0.3 is 4.43 Å². The van der Waals surface area contributed by atoms with Crippen molar-refractivity contribution >= 4 is 8.32 Å². The normalized spacial score (nSPS) is 37.7. The minimum absolute atomic E-state index is 0.313. The van der Waals surface area contributed by atoms with Gasteiger partial charge in [0, 0.05) is 6.10 Å². The second kappa shape index (κ2) is 6.09. The first kappa shape index (κ1) is 18.3. The third kappa shape index (κ3) is 3.10. The fourth-order valence-corrected chi connectivity index (χ4v) is 6.28. The summed E-state index contributed by atoms with van der Waals surface area (Å²) in [5.74, 6) is 2.21. The summed E-state index contributed by atoms with van der Waals surface area (Å²) in [7, 11) is -1.66. The molecule has 0 heterocycles. The van der Waals surface area contributed by atoms with E-state index in [4.69, 9.17) is 4.43 Å². The highest BCUT2D eigenvalue weighted by Gasteiger charge is 2.54. The fraction of sp³-hybridized carbons (Fsp3) is 0.900. The lowest BCUT2D eigenvalue weighted by Crippen LogP contribution is -2.50. The van der Waals surface area contributed by atoms with Crippen LogP contribution in [0, 0.1) is 23.2 Å². The topological polar surface area (TPSA) is 9.23 Å². The molecule has 5 atom stereocenters. The molecule has 2 aliphatic rings. The molecule has 0 saturated heterocycles. The monoisotopic (exact) mass is 322 g/mol. The van der Waals surface area contributed by atoms with Crippen molar-refractivity contribution in [3.8, 4) is 0 Å². The van der Waals surface area contributed by atoms with E-state index in [-0.39, 0.29) is 0 Å². The summed E-state index contributed by atoms with van der Waals surface area (Å²) in [5, 5.41) is 0.313. The van der Waals surface area contributed by atoms with Crippen LogP contribution in [0.3, 0.4) is 0 Å². The molecule has 2 unspecified atom stereocenters. The molecule has 2 fully saturated rings. The maximum absolute atomic E-state index is 6.90. The maximum Gasteiger partial charge on any atom is 0.192 e. The Morgan fingerprint density at radius 1 is 1.23 bits per heavy atom. The number of allylic oxidation sites excluding steroid dienone is 1. The third-order valence-electron chi connectivity index (χ3n) is 7.39. The van der Waals surface area contributed by atoms with E-state index in [0.29, 0.717) is 22.5 Å². The van der Waals surface area contributed by atoms with E-state index in [2.05, 4.69) is 60.4 Å². The Balaban J connectivity index is 2.18. The van der Waals surface area contributed by atoms with Gasteiger partial charge in [-0.05, 0) is 67.0 Å². The van der Waals surface area contributed by atoms with Crippen molar-refractivity contribution in [1.82, 2.24) is 0 Å². The van der Waals surface area contributed by atoms with Gasteiger partial charge in [-0.15, -0.1) is 6.58 Å². The van der Waals surface area contributed by atoms with Crippen LogP contribution >= 0.6 is 0 Å². The standard InChI is InChI=1S/C20H38OSi/c1-9-15(2)16-12-13-17-18(11-10-14-20(16,17)6)21-22(7,8)19(3,4)5/h9,15-18H,1,10-14H2,2-8H3/t15-,16?,17?,18-,20+/m0/s1. The predicted octanol–water partition coefficient (Wildman–Crippen LogP) is 6.42. The quantitative estimate of drug-likeness (QED) is 0.429. The Bertz CT molecular complexity index is 408. The number of fused-ring (bicyclic) bond motifs is 1. The predicted molar refractivity (Wildman–Crippen MR) is 99.6 cm³/mol. The van der Waals surface area contributed by atoms with Crippen LogP contribution in [0.1, 0.15) is 66.7 Å². The van der Waals surface area contributed by atoms with Gasteiger partial charge in [0.1, 0.15) is 0 Å². The molecule has 0 N–H and O–H groups in total. The molecule has 0 aromatic rings. The van der Waals surface area contributed by atoms with Crippen LogP contribution in [0.2, 0.25) is 18.1 Å². The summed E-state index contributed by atoms with van der Waals surface area (Å²) in [6.07, 6.45) is 9.41. The summed E-state index contributed by atoms with van der Waals surface area (Å²) < 4.78 is 6.90. The SMILES string of the molecule is C=C[C@H](C)C1CCC2[C@@H](O[Si](C)(C)C(C)(C)C)CCC[C@@]21C. The smallest absolute Gasteiger partial charge is 0.192 e. The minimum atomic E-state index is -1.66. The second-order valence-electron chi connectivity index (χ2n) is 9.70. The van der Waals surface area contributed by atoms with Gasteiger partial charge in [0.15, 0.2) is 8.32 Å². The van der Waals surface area contributed by atoms with Crippen molar-refractivity contribution in [2.75, 3.05) is 0 Å². The summed E-state index contributed by atoms with van der Waals surface area (Å²) in [5.41, 5.74) is 0.471. The molecule has 0 aromatic carbocycles. The zero-order valence-corrected chi connectivity index (χ0v) is 17.0. The first-order valence-electron chi connectivity index (χ1n) is 9.33. The van der Waals surface area contributed by atoms with E-state index >= 15 is 0 Å². The molecule has 2 heteroatoms. The average molecular weight is 323 g/mol. The van der Waals surface area contributed by atoms with Crippen molar-refractivity contribution in [2.45, 2.75) is 91.0 Å². The molecule has 2 rings (SSSR count). The first-order chi connectivity index (χ1) is 10.0. The Kier molecular flexibility index (Phi) is 5.05. The van der Waals surface area contributed by atoms with E-state index in [9.17, 15) is 0 Å². The lowest BCUT2D eigenvalue weighted by molar-refractivity contribution is -0.0162. The molecule has 1 nitrogen and oxygen atoms in total. The molecule has 0 radical (unpaired) electrons. The van der Waals surface area contributed by atoms with Gasteiger partial charge in [0.25, 0.3) is 0 Å². The van der Waals surface area contributed by atoms with Crippen LogP contribution in [0.15, 0.2) is 12.7 Å². The van der Waals surface area contributed by atoms with E-state index in [0.717, 1.165) is 11.8 Å². The molecule has 2 saturated carbocycles. The fourth-order valence-electron chi connectivity index (χ4n) is 4.88. The van der Waals surface area contributed by atoms with Gasteiger partial charge in [-0.25, -0.2) is 0 Å². The summed E-state index contributed by atoms with van der Waals surface area (Å²) in [6, 6.07) is 0. The van der Waals surface area contributed by atoms with Crippen LogP contribution in [0.4, 0.5) is 0 Å². The van der Waals surface area contributed by atoms with Crippen LogP contribution in [-0.2, 0) is 4.43 Å². The number of hydrogen-bond acceptors (Lipinski definition) is 1. The molecule has 0 aromatic heterocycles. The lowest BCUT2D eigenvalue weighted by atomic mass is 9.62. The average Bonchev–Trinajstić information content (AvgIpc) is 2.74. The highest BCUT2D eigenvalue weighted by Crippen LogP contribution is 2.59.